The molecule has 2 aromatic carbocycles. The Balaban J connectivity index is 1.53. The van der Waals surface area contributed by atoms with E-state index in [4.69, 9.17) is 5.11 Å². The summed E-state index contributed by atoms with van der Waals surface area (Å²) in [5.74, 6) is 0.227. The Labute approximate surface area is 158 Å². The van der Waals surface area contributed by atoms with E-state index < -0.39 is 6.09 Å². The number of hydrogen-bond acceptors (Lipinski definition) is 4. The summed E-state index contributed by atoms with van der Waals surface area (Å²) in [5, 5.41) is 11.0. The largest absolute Gasteiger partial charge is 0.465 e. The zero-order valence-electron chi connectivity index (χ0n) is 13.8. The molecule has 0 aliphatic rings. The lowest BCUT2D eigenvalue weighted by Gasteiger charge is -2.03. The molecule has 0 atom stereocenters. The van der Waals surface area contributed by atoms with Crippen molar-refractivity contribution in [3.8, 4) is 10.4 Å². The van der Waals surface area contributed by atoms with Gasteiger partial charge in [0.15, 0.2) is 0 Å². The fourth-order valence-electron chi connectivity index (χ4n) is 2.63. The Morgan fingerprint density at radius 3 is 2.58 bits per heavy atom. The number of aromatic nitrogens is 2. The number of aromatic amines is 1. The van der Waals surface area contributed by atoms with Crippen molar-refractivity contribution in [3.63, 3.8) is 0 Å². The molecule has 0 saturated heterocycles. The second-order valence-corrected chi connectivity index (χ2v) is 8.17. The SMILES string of the molecule is Cc1ccc(-c2ccc(Sc3ccc4nc(NC(=O)O)[nH]c4c3)cc2)s1. The maximum Gasteiger partial charge on any atom is 0.411 e. The fraction of sp³-hybridized carbons (Fsp3) is 0.0526. The van der Waals surface area contributed by atoms with E-state index in [9.17, 15) is 4.79 Å². The Bertz CT molecular complexity index is 1080. The Morgan fingerprint density at radius 1 is 1.12 bits per heavy atom. The summed E-state index contributed by atoms with van der Waals surface area (Å²) in [7, 11) is 0. The third kappa shape index (κ3) is 3.58. The molecule has 4 aromatic rings. The minimum absolute atomic E-state index is 0.227. The van der Waals surface area contributed by atoms with Crippen molar-refractivity contribution in [2.75, 3.05) is 5.32 Å². The van der Waals surface area contributed by atoms with Gasteiger partial charge in [-0.25, -0.2) is 9.78 Å². The summed E-state index contributed by atoms with van der Waals surface area (Å²) in [6.45, 7) is 2.11. The van der Waals surface area contributed by atoms with Gasteiger partial charge in [0.05, 0.1) is 11.0 Å². The molecule has 0 saturated carbocycles. The maximum atomic E-state index is 10.7. The predicted octanol–water partition coefficient (Wildman–Crippen LogP) is 5.84. The number of amides is 1. The number of carbonyl (C=O) groups is 1. The number of carboxylic acid groups (broad SMARTS) is 1. The van der Waals surface area contributed by atoms with Crippen LogP contribution in [0.2, 0.25) is 0 Å². The molecule has 130 valence electrons. The quantitative estimate of drug-likeness (QED) is 0.415. The van der Waals surface area contributed by atoms with E-state index in [-0.39, 0.29) is 5.95 Å². The minimum atomic E-state index is -1.14. The molecular formula is C19H15N3O2S2. The van der Waals surface area contributed by atoms with Gasteiger partial charge < -0.3 is 10.1 Å². The molecule has 1 amide bonds. The molecule has 0 bridgehead atoms. The first kappa shape index (κ1) is 16.7. The highest BCUT2D eigenvalue weighted by Crippen LogP contribution is 2.33. The van der Waals surface area contributed by atoms with Crippen LogP contribution in [0.5, 0.6) is 0 Å². The number of benzene rings is 2. The van der Waals surface area contributed by atoms with Crippen LogP contribution in [0.25, 0.3) is 21.5 Å². The first-order valence-corrected chi connectivity index (χ1v) is 9.54. The first-order chi connectivity index (χ1) is 12.6. The van der Waals surface area contributed by atoms with E-state index in [0.29, 0.717) is 0 Å². The Morgan fingerprint density at radius 2 is 1.88 bits per heavy atom. The van der Waals surface area contributed by atoms with Gasteiger partial charge in [0.25, 0.3) is 0 Å². The number of nitrogens with zero attached hydrogens (tertiary/aromatic N) is 1. The van der Waals surface area contributed by atoms with Crippen molar-refractivity contribution >= 4 is 46.2 Å². The highest BCUT2D eigenvalue weighted by molar-refractivity contribution is 7.99. The zero-order chi connectivity index (χ0) is 18.1. The topological polar surface area (TPSA) is 78.0 Å². The number of fused-ring (bicyclic) bond motifs is 1. The molecule has 0 aliphatic carbocycles. The molecule has 5 nitrogen and oxygen atoms in total. The zero-order valence-corrected chi connectivity index (χ0v) is 15.4. The molecule has 3 N–H and O–H groups in total. The van der Waals surface area contributed by atoms with Crippen LogP contribution in [0.3, 0.4) is 0 Å². The van der Waals surface area contributed by atoms with Crippen molar-refractivity contribution in [1.29, 1.82) is 0 Å². The second kappa shape index (κ2) is 6.86. The molecule has 0 radical (unpaired) electrons. The highest BCUT2D eigenvalue weighted by Gasteiger charge is 2.07. The van der Waals surface area contributed by atoms with Gasteiger partial charge in [-0.15, -0.1) is 11.3 Å². The van der Waals surface area contributed by atoms with Crippen molar-refractivity contribution in [3.05, 3.63) is 59.5 Å². The van der Waals surface area contributed by atoms with Gasteiger partial charge >= 0.3 is 6.09 Å². The number of nitrogens with one attached hydrogen (secondary N) is 2. The average Bonchev–Trinajstić information content (AvgIpc) is 3.20. The lowest BCUT2D eigenvalue weighted by Crippen LogP contribution is -2.08. The summed E-state index contributed by atoms with van der Waals surface area (Å²) in [6.07, 6.45) is -1.14. The molecule has 2 heterocycles. The van der Waals surface area contributed by atoms with Crippen LogP contribution in [0.4, 0.5) is 10.7 Å². The molecule has 0 spiro atoms. The van der Waals surface area contributed by atoms with E-state index in [1.807, 2.05) is 18.2 Å². The number of imidazole rings is 1. The summed E-state index contributed by atoms with van der Waals surface area (Å²) in [4.78, 5) is 22.7. The molecule has 0 aliphatic heterocycles. The van der Waals surface area contributed by atoms with E-state index in [1.54, 1.807) is 23.1 Å². The molecule has 0 unspecified atom stereocenters. The van der Waals surface area contributed by atoms with E-state index >= 15 is 0 Å². The number of thiophene rings is 1. The van der Waals surface area contributed by atoms with E-state index in [1.165, 1.54) is 15.3 Å². The molecule has 4 rings (SSSR count). The number of anilines is 1. The van der Waals surface area contributed by atoms with E-state index in [2.05, 4.69) is 58.6 Å². The predicted molar refractivity (Wildman–Crippen MR) is 106 cm³/mol. The smallest absolute Gasteiger partial charge is 0.411 e. The number of aryl methyl sites for hydroxylation is 1. The molecular weight excluding hydrogens is 366 g/mol. The summed E-state index contributed by atoms with van der Waals surface area (Å²) in [5.41, 5.74) is 2.74. The van der Waals surface area contributed by atoms with Gasteiger partial charge in [-0.2, -0.15) is 0 Å². The lowest BCUT2D eigenvalue weighted by molar-refractivity contribution is 0.209. The lowest BCUT2D eigenvalue weighted by atomic mass is 10.2. The average molecular weight is 381 g/mol. The number of rotatable bonds is 4. The van der Waals surface area contributed by atoms with Gasteiger partial charge in [-0.1, -0.05) is 23.9 Å². The highest BCUT2D eigenvalue weighted by atomic mass is 32.2. The van der Waals surface area contributed by atoms with Crippen molar-refractivity contribution in [1.82, 2.24) is 9.97 Å². The molecule has 2 aromatic heterocycles. The standard InChI is InChI=1S/C19H15N3O2S2/c1-11-2-9-17(25-11)12-3-5-13(6-4-12)26-14-7-8-15-16(10-14)21-18(20-15)22-19(23)24/h2-10H,1H3,(H,23,24)(H2,20,21,22). The number of H-pyrrole nitrogens is 1. The van der Waals surface area contributed by atoms with Crippen LogP contribution >= 0.6 is 23.1 Å². The third-order valence-corrected chi connectivity index (χ3v) is 5.84. The normalized spacial score (nSPS) is 11.0. The fourth-order valence-corrected chi connectivity index (χ4v) is 4.36. The van der Waals surface area contributed by atoms with Crippen LogP contribution in [0.1, 0.15) is 4.88 Å². The monoisotopic (exact) mass is 381 g/mol. The molecule has 26 heavy (non-hydrogen) atoms. The van der Waals surface area contributed by atoms with Gasteiger partial charge in [0, 0.05) is 19.5 Å². The van der Waals surface area contributed by atoms with Gasteiger partial charge in [0.2, 0.25) is 5.95 Å². The van der Waals surface area contributed by atoms with Crippen LogP contribution < -0.4 is 5.32 Å². The Hall–Kier alpha value is -2.77. The second-order valence-electron chi connectivity index (χ2n) is 5.73. The maximum absolute atomic E-state index is 10.7. The Kier molecular flexibility index (Phi) is 4.40. The summed E-state index contributed by atoms with van der Waals surface area (Å²) < 4.78 is 0. The number of hydrogen-bond donors (Lipinski definition) is 3. The van der Waals surface area contributed by atoms with Crippen LogP contribution in [0.15, 0.2) is 64.4 Å². The van der Waals surface area contributed by atoms with Gasteiger partial charge in [-0.05, 0) is 55.0 Å². The minimum Gasteiger partial charge on any atom is -0.465 e. The third-order valence-electron chi connectivity index (χ3n) is 3.79. The van der Waals surface area contributed by atoms with Crippen molar-refractivity contribution in [2.45, 2.75) is 16.7 Å². The molecule has 0 fully saturated rings. The first-order valence-electron chi connectivity index (χ1n) is 7.91. The summed E-state index contributed by atoms with van der Waals surface area (Å²) in [6, 6.07) is 18.6. The van der Waals surface area contributed by atoms with Crippen molar-refractivity contribution < 1.29 is 9.90 Å². The van der Waals surface area contributed by atoms with Gasteiger partial charge in [-0.3, -0.25) is 5.32 Å². The van der Waals surface area contributed by atoms with Crippen LogP contribution in [-0.4, -0.2) is 21.2 Å². The van der Waals surface area contributed by atoms with Crippen LogP contribution in [-0.2, 0) is 0 Å². The van der Waals surface area contributed by atoms with E-state index in [0.717, 1.165) is 20.8 Å². The van der Waals surface area contributed by atoms with Gasteiger partial charge in [0.1, 0.15) is 0 Å². The van der Waals surface area contributed by atoms with Crippen LogP contribution in [0, 0.1) is 6.92 Å². The molecule has 7 heteroatoms. The summed E-state index contributed by atoms with van der Waals surface area (Å²) >= 11 is 3.45. The van der Waals surface area contributed by atoms with Crippen molar-refractivity contribution in [2.24, 2.45) is 0 Å².